The predicted octanol–water partition coefficient (Wildman–Crippen LogP) is 2.69. The highest BCUT2D eigenvalue weighted by molar-refractivity contribution is 6.30. The van der Waals surface area contributed by atoms with Gasteiger partial charge >= 0.3 is 6.03 Å². The number of nitrogens with one attached hydrogen (secondary N) is 1. The average molecular weight is 341 g/mol. The second-order valence-corrected chi connectivity index (χ2v) is 6.71. The van der Waals surface area contributed by atoms with Gasteiger partial charge in [0.2, 0.25) is 0 Å². The smallest absolute Gasteiger partial charge is 0.317 e. The highest BCUT2D eigenvalue weighted by Crippen LogP contribution is 2.25. The maximum absolute atomic E-state index is 12.4. The van der Waals surface area contributed by atoms with E-state index in [-0.39, 0.29) is 30.7 Å². The number of ether oxygens (including phenoxy) is 1. The summed E-state index contributed by atoms with van der Waals surface area (Å²) in [7, 11) is 1.63. The molecule has 1 fully saturated rings. The van der Waals surface area contributed by atoms with Gasteiger partial charge in [0.15, 0.2) is 0 Å². The zero-order valence-corrected chi connectivity index (χ0v) is 14.6. The van der Waals surface area contributed by atoms with E-state index in [0.29, 0.717) is 24.0 Å². The van der Waals surface area contributed by atoms with Gasteiger partial charge in [0.1, 0.15) is 6.10 Å². The number of carbonyl (C=O) groups excluding carboxylic acids is 1. The number of aliphatic hydroxyl groups excluding tert-OH is 1. The molecule has 0 saturated carbocycles. The Labute approximate surface area is 142 Å². The molecule has 23 heavy (non-hydrogen) atoms. The van der Waals surface area contributed by atoms with E-state index in [9.17, 15) is 9.90 Å². The van der Waals surface area contributed by atoms with Crippen LogP contribution in [0.4, 0.5) is 4.79 Å². The molecule has 2 amide bonds. The third kappa shape index (κ3) is 4.37. The highest BCUT2D eigenvalue weighted by Gasteiger charge is 2.33. The van der Waals surface area contributed by atoms with Crippen LogP contribution in [-0.4, -0.2) is 48.9 Å². The van der Waals surface area contributed by atoms with Gasteiger partial charge in [-0.3, -0.25) is 0 Å². The molecule has 4 atom stereocenters. The van der Waals surface area contributed by atoms with Crippen molar-refractivity contribution in [1.82, 2.24) is 10.2 Å². The number of amides is 2. The Kier molecular flexibility index (Phi) is 6.27. The second kappa shape index (κ2) is 7.99. The molecule has 1 saturated heterocycles. The zero-order chi connectivity index (χ0) is 17.0. The summed E-state index contributed by atoms with van der Waals surface area (Å²) in [4.78, 5) is 14.2. The van der Waals surface area contributed by atoms with E-state index in [4.69, 9.17) is 16.3 Å². The minimum Gasteiger partial charge on any atom is -0.396 e. The monoisotopic (exact) mass is 340 g/mol. The molecule has 0 spiro atoms. The molecule has 2 N–H and O–H groups in total. The van der Waals surface area contributed by atoms with Gasteiger partial charge in [0.05, 0.1) is 6.04 Å². The topological polar surface area (TPSA) is 61.8 Å². The van der Waals surface area contributed by atoms with Gasteiger partial charge in [-0.1, -0.05) is 30.7 Å². The zero-order valence-electron chi connectivity index (χ0n) is 13.8. The molecule has 0 unspecified atom stereocenters. The third-order valence-electron chi connectivity index (χ3n) is 4.55. The van der Waals surface area contributed by atoms with Crippen molar-refractivity contribution in [2.24, 2.45) is 11.8 Å². The van der Waals surface area contributed by atoms with Gasteiger partial charge < -0.3 is 20.1 Å². The number of urea groups is 1. The van der Waals surface area contributed by atoms with Crippen LogP contribution in [0.1, 0.15) is 25.5 Å². The molecule has 0 bridgehead atoms. The van der Waals surface area contributed by atoms with Crippen LogP contribution >= 0.6 is 11.6 Å². The minimum atomic E-state index is -0.245. The Hall–Kier alpha value is -1.30. The lowest BCUT2D eigenvalue weighted by Crippen LogP contribution is -2.45. The van der Waals surface area contributed by atoms with Crippen molar-refractivity contribution >= 4 is 17.6 Å². The number of likely N-dealkylation sites (tertiary alicyclic amines) is 1. The molecule has 0 radical (unpaired) electrons. The quantitative estimate of drug-likeness (QED) is 0.866. The van der Waals surface area contributed by atoms with Crippen molar-refractivity contribution in [1.29, 1.82) is 0 Å². The lowest BCUT2D eigenvalue weighted by atomic mass is 10.00. The van der Waals surface area contributed by atoms with Gasteiger partial charge in [-0.2, -0.15) is 0 Å². The first kappa shape index (κ1) is 18.0. The number of rotatable bonds is 5. The average Bonchev–Trinajstić information content (AvgIpc) is 2.91. The molecule has 1 aromatic carbocycles. The van der Waals surface area contributed by atoms with Gasteiger partial charge in [-0.05, 0) is 30.5 Å². The van der Waals surface area contributed by atoms with Crippen molar-refractivity contribution in [3.05, 3.63) is 34.9 Å². The summed E-state index contributed by atoms with van der Waals surface area (Å²) < 4.78 is 5.55. The van der Waals surface area contributed by atoms with Crippen LogP contribution in [0.3, 0.4) is 0 Å². The van der Waals surface area contributed by atoms with E-state index < -0.39 is 0 Å². The van der Waals surface area contributed by atoms with Crippen LogP contribution in [0, 0.1) is 11.8 Å². The summed E-state index contributed by atoms with van der Waals surface area (Å²) in [6.07, 6.45) is -0.245. The number of nitrogens with zero attached hydrogens (tertiary/aromatic N) is 1. The SMILES string of the molecule is CO[C@H](c1ccc(Cl)cc1)[C@@H](C)NC(=O)N1C[C@@H](CO)[C@H](C)C1. The number of halogens is 1. The molecule has 0 aliphatic carbocycles. The molecule has 128 valence electrons. The Morgan fingerprint density at radius 1 is 1.43 bits per heavy atom. The van der Waals surface area contributed by atoms with Gasteiger partial charge in [-0.25, -0.2) is 4.79 Å². The summed E-state index contributed by atoms with van der Waals surface area (Å²) in [5, 5.41) is 13.0. The van der Waals surface area contributed by atoms with E-state index in [1.807, 2.05) is 31.2 Å². The fraction of sp³-hybridized carbons (Fsp3) is 0.588. The number of carbonyl (C=O) groups is 1. The maximum atomic E-state index is 12.4. The number of aliphatic hydroxyl groups is 1. The van der Waals surface area contributed by atoms with Gasteiger partial charge in [0.25, 0.3) is 0 Å². The van der Waals surface area contributed by atoms with Crippen LogP contribution in [-0.2, 0) is 4.74 Å². The fourth-order valence-electron chi connectivity index (χ4n) is 3.08. The molecular formula is C17H25ClN2O3. The van der Waals surface area contributed by atoms with Crippen LogP contribution in [0.25, 0.3) is 0 Å². The van der Waals surface area contributed by atoms with Crippen molar-refractivity contribution in [2.45, 2.75) is 26.0 Å². The molecule has 5 nitrogen and oxygen atoms in total. The molecule has 2 rings (SSSR count). The van der Waals surface area contributed by atoms with E-state index in [2.05, 4.69) is 12.2 Å². The van der Waals surface area contributed by atoms with E-state index in [1.54, 1.807) is 12.0 Å². The fourth-order valence-corrected chi connectivity index (χ4v) is 3.21. The van der Waals surface area contributed by atoms with Crippen LogP contribution < -0.4 is 5.32 Å². The third-order valence-corrected chi connectivity index (χ3v) is 4.80. The minimum absolute atomic E-state index is 0.115. The standard InChI is InChI=1S/C17H25ClN2O3/c1-11-8-20(9-14(11)10-21)17(22)19-12(2)16(23-3)13-4-6-15(18)7-5-13/h4-7,11-12,14,16,21H,8-10H2,1-3H3,(H,19,22)/t11-,12-,14+,16+/m1/s1. The largest absolute Gasteiger partial charge is 0.396 e. The van der Waals surface area contributed by atoms with E-state index >= 15 is 0 Å². The number of benzene rings is 1. The summed E-state index contributed by atoms with van der Waals surface area (Å²) in [5.74, 6) is 0.473. The first-order valence-corrected chi connectivity index (χ1v) is 8.28. The number of methoxy groups -OCH3 is 1. The Balaban J connectivity index is 1.98. The lowest BCUT2D eigenvalue weighted by molar-refractivity contribution is 0.0740. The Morgan fingerprint density at radius 2 is 2.09 bits per heavy atom. The summed E-state index contributed by atoms with van der Waals surface area (Å²) in [6, 6.07) is 7.13. The van der Waals surface area contributed by atoms with Crippen LogP contribution in [0.5, 0.6) is 0 Å². The van der Waals surface area contributed by atoms with E-state index in [0.717, 1.165) is 5.56 Å². The Bertz CT molecular complexity index is 523. The van der Waals surface area contributed by atoms with Gasteiger partial charge in [0, 0.05) is 37.7 Å². The summed E-state index contributed by atoms with van der Waals surface area (Å²) in [6.45, 7) is 5.36. The van der Waals surface area contributed by atoms with Crippen LogP contribution in [0.15, 0.2) is 24.3 Å². The lowest BCUT2D eigenvalue weighted by Gasteiger charge is -2.27. The maximum Gasteiger partial charge on any atom is 0.317 e. The molecular weight excluding hydrogens is 316 g/mol. The highest BCUT2D eigenvalue weighted by atomic mass is 35.5. The number of hydrogen-bond donors (Lipinski definition) is 2. The molecule has 1 heterocycles. The first-order chi connectivity index (χ1) is 11.0. The molecule has 1 aliphatic rings. The van der Waals surface area contributed by atoms with E-state index in [1.165, 1.54) is 0 Å². The molecule has 0 aromatic heterocycles. The predicted molar refractivity (Wildman–Crippen MR) is 90.5 cm³/mol. The van der Waals surface area contributed by atoms with Crippen LogP contribution in [0.2, 0.25) is 5.02 Å². The summed E-state index contributed by atoms with van der Waals surface area (Å²) >= 11 is 5.91. The second-order valence-electron chi connectivity index (χ2n) is 6.27. The van der Waals surface area contributed by atoms with Crippen molar-refractivity contribution in [3.63, 3.8) is 0 Å². The Morgan fingerprint density at radius 3 is 2.61 bits per heavy atom. The summed E-state index contributed by atoms with van der Waals surface area (Å²) in [5.41, 5.74) is 0.965. The molecule has 1 aliphatic heterocycles. The van der Waals surface area contributed by atoms with Gasteiger partial charge in [-0.15, -0.1) is 0 Å². The molecule has 6 heteroatoms. The van der Waals surface area contributed by atoms with Crippen molar-refractivity contribution in [3.8, 4) is 0 Å². The normalized spacial score (nSPS) is 23.6. The van der Waals surface area contributed by atoms with Crippen molar-refractivity contribution in [2.75, 3.05) is 26.8 Å². The number of hydrogen-bond acceptors (Lipinski definition) is 3. The van der Waals surface area contributed by atoms with Crippen molar-refractivity contribution < 1.29 is 14.6 Å². The first-order valence-electron chi connectivity index (χ1n) is 7.90. The molecule has 1 aromatic rings.